The van der Waals surface area contributed by atoms with Gasteiger partial charge in [-0.25, -0.2) is 9.97 Å². The van der Waals surface area contributed by atoms with Gasteiger partial charge in [-0.05, 0) is 51.6 Å². The molecule has 118 valence electrons. The van der Waals surface area contributed by atoms with Gasteiger partial charge >= 0.3 is 0 Å². The molecule has 0 bridgehead atoms. The summed E-state index contributed by atoms with van der Waals surface area (Å²) in [5.74, 6) is 0.921. The van der Waals surface area contributed by atoms with Gasteiger partial charge < -0.3 is 15.0 Å². The highest BCUT2D eigenvalue weighted by Gasteiger charge is 2.17. The van der Waals surface area contributed by atoms with Gasteiger partial charge in [-0.15, -0.1) is 0 Å². The monoisotopic (exact) mass is 292 g/mol. The van der Waals surface area contributed by atoms with Crippen LogP contribution in [-0.4, -0.2) is 49.9 Å². The fourth-order valence-electron chi connectivity index (χ4n) is 2.83. The van der Waals surface area contributed by atoms with E-state index in [1.54, 1.807) is 7.11 Å². The van der Waals surface area contributed by atoms with Crippen molar-refractivity contribution in [3.8, 4) is 0 Å². The molecule has 0 unspecified atom stereocenters. The molecule has 1 aromatic rings. The van der Waals surface area contributed by atoms with Gasteiger partial charge in [0.25, 0.3) is 0 Å². The van der Waals surface area contributed by atoms with E-state index in [0.29, 0.717) is 0 Å². The van der Waals surface area contributed by atoms with Crippen LogP contribution < -0.4 is 10.2 Å². The molecule has 2 rings (SSSR count). The van der Waals surface area contributed by atoms with Crippen LogP contribution in [0.3, 0.4) is 0 Å². The Balaban J connectivity index is 1.88. The summed E-state index contributed by atoms with van der Waals surface area (Å²) in [6.07, 6.45) is 4.67. The lowest BCUT2D eigenvalue weighted by atomic mass is 10.1. The smallest absolute Gasteiger partial charge is 0.225 e. The highest BCUT2D eigenvalue weighted by atomic mass is 16.5. The lowest BCUT2D eigenvalue weighted by Crippen LogP contribution is -2.22. The first-order chi connectivity index (χ1) is 10.2. The number of nitrogens with zero attached hydrogens (tertiary/aromatic N) is 3. The van der Waals surface area contributed by atoms with E-state index in [4.69, 9.17) is 14.7 Å². The summed E-state index contributed by atoms with van der Waals surface area (Å²) in [5.41, 5.74) is 3.59. The third kappa shape index (κ3) is 4.64. The number of ether oxygens (including phenoxy) is 1. The minimum absolute atomic E-state index is 0.770. The predicted octanol–water partition coefficient (Wildman–Crippen LogP) is 1.86. The molecule has 2 heterocycles. The third-order valence-electron chi connectivity index (χ3n) is 4.06. The number of rotatable bonds is 8. The maximum atomic E-state index is 5.02. The third-order valence-corrected chi connectivity index (χ3v) is 4.06. The van der Waals surface area contributed by atoms with E-state index in [2.05, 4.69) is 24.1 Å². The Labute approximate surface area is 128 Å². The standard InChI is InChI=1S/C16H28N4O/c1-13-15(7-6-8-17-9-12-21-3)14(2)19-16(18-13)20-10-4-5-11-20/h17H,4-12H2,1-3H3. The molecule has 1 aliphatic heterocycles. The highest BCUT2D eigenvalue weighted by molar-refractivity contribution is 5.37. The largest absolute Gasteiger partial charge is 0.383 e. The Bertz CT molecular complexity index is 421. The first kappa shape index (κ1) is 16.2. The molecule has 1 N–H and O–H groups in total. The van der Waals surface area contributed by atoms with Crippen molar-refractivity contribution in [2.75, 3.05) is 44.8 Å². The highest BCUT2D eigenvalue weighted by Crippen LogP contribution is 2.20. The van der Waals surface area contributed by atoms with E-state index in [1.807, 2.05) is 0 Å². The van der Waals surface area contributed by atoms with E-state index in [-0.39, 0.29) is 0 Å². The summed E-state index contributed by atoms with van der Waals surface area (Å²) in [7, 11) is 1.73. The molecule has 0 spiro atoms. The van der Waals surface area contributed by atoms with Crippen LogP contribution in [0, 0.1) is 13.8 Å². The van der Waals surface area contributed by atoms with E-state index in [0.717, 1.165) is 63.0 Å². The summed E-state index contributed by atoms with van der Waals surface area (Å²) < 4.78 is 5.02. The zero-order chi connectivity index (χ0) is 15.1. The Morgan fingerprint density at radius 2 is 1.76 bits per heavy atom. The molecular weight excluding hydrogens is 264 g/mol. The van der Waals surface area contributed by atoms with Gasteiger partial charge in [0.05, 0.1) is 6.61 Å². The van der Waals surface area contributed by atoms with Crippen LogP contribution in [0.4, 0.5) is 5.95 Å². The van der Waals surface area contributed by atoms with Crippen molar-refractivity contribution >= 4 is 5.95 Å². The topological polar surface area (TPSA) is 50.3 Å². The van der Waals surface area contributed by atoms with Crippen molar-refractivity contribution in [1.29, 1.82) is 0 Å². The summed E-state index contributed by atoms with van der Waals surface area (Å²) in [5, 5.41) is 3.38. The quantitative estimate of drug-likeness (QED) is 0.741. The molecule has 0 saturated carbocycles. The van der Waals surface area contributed by atoms with Gasteiger partial charge in [0, 0.05) is 38.1 Å². The van der Waals surface area contributed by atoms with Crippen molar-refractivity contribution in [3.63, 3.8) is 0 Å². The van der Waals surface area contributed by atoms with Crippen LogP contribution >= 0.6 is 0 Å². The van der Waals surface area contributed by atoms with Crippen LogP contribution in [0.25, 0.3) is 0 Å². The van der Waals surface area contributed by atoms with Crippen LogP contribution in [0.5, 0.6) is 0 Å². The second-order valence-corrected chi connectivity index (χ2v) is 5.71. The molecule has 0 aliphatic carbocycles. The molecule has 1 aromatic heterocycles. The number of anilines is 1. The molecule has 0 aromatic carbocycles. The average molecular weight is 292 g/mol. The first-order valence-electron chi connectivity index (χ1n) is 8.01. The van der Waals surface area contributed by atoms with Gasteiger partial charge in [0.15, 0.2) is 0 Å². The molecule has 0 radical (unpaired) electrons. The maximum absolute atomic E-state index is 5.02. The minimum Gasteiger partial charge on any atom is -0.383 e. The van der Waals surface area contributed by atoms with Crippen molar-refractivity contribution in [3.05, 3.63) is 17.0 Å². The van der Waals surface area contributed by atoms with Crippen molar-refractivity contribution < 1.29 is 4.74 Å². The second kappa shape index (κ2) is 8.29. The molecule has 5 heteroatoms. The molecule has 1 fully saturated rings. The Morgan fingerprint density at radius 3 is 2.38 bits per heavy atom. The van der Waals surface area contributed by atoms with E-state index >= 15 is 0 Å². The predicted molar refractivity (Wildman–Crippen MR) is 86.0 cm³/mol. The Morgan fingerprint density at radius 1 is 1.10 bits per heavy atom. The van der Waals surface area contributed by atoms with Crippen molar-refractivity contribution in [2.24, 2.45) is 0 Å². The number of hydrogen-bond acceptors (Lipinski definition) is 5. The number of hydrogen-bond donors (Lipinski definition) is 1. The van der Waals surface area contributed by atoms with Crippen LogP contribution in [0.1, 0.15) is 36.2 Å². The van der Waals surface area contributed by atoms with Gasteiger partial charge in [-0.2, -0.15) is 0 Å². The minimum atomic E-state index is 0.770. The first-order valence-corrected chi connectivity index (χ1v) is 8.01. The molecule has 0 atom stereocenters. The zero-order valence-electron chi connectivity index (χ0n) is 13.6. The van der Waals surface area contributed by atoms with Gasteiger partial charge in [0.1, 0.15) is 0 Å². The average Bonchev–Trinajstić information content (AvgIpc) is 2.99. The Kier molecular flexibility index (Phi) is 6.39. The van der Waals surface area contributed by atoms with E-state index < -0.39 is 0 Å². The van der Waals surface area contributed by atoms with Gasteiger partial charge in [-0.1, -0.05) is 0 Å². The molecular formula is C16H28N4O. The van der Waals surface area contributed by atoms with Crippen molar-refractivity contribution in [2.45, 2.75) is 39.5 Å². The number of aryl methyl sites for hydroxylation is 2. The second-order valence-electron chi connectivity index (χ2n) is 5.71. The summed E-state index contributed by atoms with van der Waals surface area (Å²) in [4.78, 5) is 11.7. The van der Waals surface area contributed by atoms with Crippen LogP contribution in [0.15, 0.2) is 0 Å². The molecule has 21 heavy (non-hydrogen) atoms. The molecule has 0 amide bonds. The lowest BCUT2D eigenvalue weighted by molar-refractivity contribution is 0.199. The number of methoxy groups -OCH3 is 1. The summed E-state index contributed by atoms with van der Waals surface area (Å²) in [6.45, 7) is 9.12. The fraction of sp³-hybridized carbons (Fsp3) is 0.750. The molecule has 1 aliphatic rings. The normalized spacial score (nSPS) is 14.9. The van der Waals surface area contributed by atoms with E-state index in [1.165, 1.54) is 18.4 Å². The van der Waals surface area contributed by atoms with E-state index in [9.17, 15) is 0 Å². The molecule has 5 nitrogen and oxygen atoms in total. The maximum Gasteiger partial charge on any atom is 0.225 e. The summed E-state index contributed by atoms with van der Waals surface area (Å²) in [6, 6.07) is 0. The van der Waals surface area contributed by atoms with Crippen LogP contribution in [-0.2, 0) is 11.2 Å². The van der Waals surface area contributed by atoms with Crippen molar-refractivity contribution in [1.82, 2.24) is 15.3 Å². The summed E-state index contributed by atoms with van der Waals surface area (Å²) >= 11 is 0. The van der Waals surface area contributed by atoms with Gasteiger partial charge in [0.2, 0.25) is 5.95 Å². The lowest BCUT2D eigenvalue weighted by Gasteiger charge is -2.18. The fourth-order valence-corrected chi connectivity index (χ4v) is 2.83. The number of nitrogens with one attached hydrogen (secondary N) is 1. The molecule has 1 saturated heterocycles. The van der Waals surface area contributed by atoms with Gasteiger partial charge in [-0.3, -0.25) is 0 Å². The van der Waals surface area contributed by atoms with Crippen LogP contribution in [0.2, 0.25) is 0 Å². The zero-order valence-corrected chi connectivity index (χ0v) is 13.6. The Hall–Kier alpha value is -1.20. The SMILES string of the molecule is COCCNCCCc1c(C)nc(N2CCCC2)nc1C. The number of aromatic nitrogens is 2.